The van der Waals surface area contributed by atoms with Crippen molar-refractivity contribution in [2.75, 3.05) is 13.2 Å². The predicted molar refractivity (Wildman–Crippen MR) is 83.8 cm³/mol. The molecule has 0 saturated carbocycles. The van der Waals surface area contributed by atoms with E-state index in [0.29, 0.717) is 37.2 Å². The van der Waals surface area contributed by atoms with Crippen molar-refractivity contribution in [1.82, 2.24) is 15.1 Å². The van der Waals surface area contributed by atoms with Gasteiger partial charge < -0.3 is 10.1 Å². The van der Waals surface area contributed by atoms with E-state index >= 15 is 0 Å². The van der Waals surface area contributed by atoms with E-state index in [2.05, 4.69) is 10.4 Å². The number of ether oxygens (including phenoxy) is 1. The molecule has 134 valence electrons. The lowest BCUT2D eigenvalue weighted by Crippen LogP contribution is -2.49. The lowest BCUT2D eigenvalue weighted by atomic mass is 9.81. The van der Waals surface area contributed by atoms with Crippen LogP contribution >= 0.6 is 0 Å². The molecule has 1 fully saturated rings. The molecule has 1 aliphatic heterocycles. The van der Waals surface area contributed by atoms with Crippen molar-refractivity contribution in [3.63, 3.8) is 0 Å². The summed E-state index contributed by atoms with van der Waals surface area (Å²) in [5.74, 6) is -0.368. The summed E-state index contributed by atoms with van der Waals surface area (Å²) in [6.45, 7) is 0.729. The lowest BCUT2D eigenvalue weighted by Gasteiger charge is -2.38. The molecule has 1 aliphatic rings. The molecular weight excluding hydrogens is 335 g/mol. The Bertz CT molecular complexity index is 764. The van der Waals surface area contributed by atoms with Crippen molar-refractivity contribution in [3.8, 4) is 0 Å². The van der Waals surface area contributed by atoms with E-state index in [1.54, 1.807) is 19.3 Å². The molecular formula is C17H18F3N3O2. The summed E-state index contributed by atoms with van der Waals surface area (Å²) < 4.78 is 46.0. The van der Waals surface area contributed by atoms with Crippen LogP contribution in [0.2, 0.25) is 0 Å². The maximum absolute atomic E-state index is 13.1. The molecule has 0 atom stereocenters. The zero-order chi connectivity index (χ0) is 18.1. The van der Waals surface area contributed by atoms with Crippen molar-refractivity contribution in [3.05, 3.63) is 53.3 Å². The average Bonchev–Trinajstić information content (AvgIpc) is 3.02. The van der Waals surface area contributed by atoms with Crippen molar-refractivity contribution < 1.29 is 22.7 Å². The minimum atomic E-state index is -4.43. The van der Waals surface area contributed by atoms with Gasteiger partial charge in [-0.05, 0) is 30.5 Å². The van der Waals surface area contributed by atoms with Gasteiger partial charge in [0.2, 0.25) is 0 Å². The first-order chi connectivity index (χ1) is 11.8. The van der Waals surface area contributed by atoms with Crippen molar-refractivity contribution in [2.45, 2.75) is 24.6 Å². The van der Waals surface area contributed by atoms with Gasteiger partial charge in [0.1, 0.15) is 0 Å². The number of aromatic nitrogens is 2. The van der Waals surface area contributed by atoms with E-state index in [1.807, 2.05) is 0 Å². The predicted octanol–water partition coefficient (Wildman–Crippen LogP) is 2.87. The highest BCUT2D eigenvalue weighted by Gasteiger charge is 2.38. The monoisotopic (exact) mass is 353 g/mol. The number of rotatable bonds is 3. The minimum absolute atomic E-state index is 0.361. The van der Waals surface area contributed by atoms with Crippen LogP contribution in [0.25, 0.3) is 0 Å². The number of benzene rings is 1. The fourth-order valence-corrected chi connectivity index (χ4v) is 3.03. The van der Waals surface area contributed by atoms with Crippen LogP contribution in [0.4, 0.5) is 13.2 Å². The van der Waals surface area contributed by atoms with Crippen molar-refractivity contribution in [1.29, 1.82) is 0 Å². The van der Waals surface area contributed by atoms with Gasteiger partial charge in [0.25, 0.3) is 5.91 Å². The number of alkyl halides is 3. The number of carbonyl (C=O) groups excluding carboxylic acids is 1. The normalized spacial score (nSPS) is 17.3. The van der Waals surface area contributed by atoms with Gasteiger partial charge in [0, 0.05) is 26.5 Å². The highest BCUT2D eigenvalue weighted by Crippen LogP contribution is 2.36. The van der Waals surface area contributed by atoms with Gasteiger partial charge in [-0.15, -0.1) is 0 Å². The largest absolute Gasteiger partial charge is 0.416 e. The van der Waals surface area contributed by atoms with Gasteiger partial charge in [0.05, 0.1) is 22.9 Å². The molecule has 0 unspecified atom stereocenters. The molecule has 8 heteroatoms. The first-order valence-electron chi connectivity index (χ1n) is 7.87. The van der Waals surface area contributed by atoms with E-state index in [4.69, 9.17) is 4.74 Å². The SMILES string of the molecule is Cn1cc(C(=O)NC2(c3cccc(C(F)(F)F)c3)CCOCC2)cn1. The Balaban J connectivity index is 1.95. The molecule has 2 aromatic rings. The zero-order valence-corrected chi connectivity index (χ0v) is 13.6. The molecule has 25 heavy (non-hydrogen) atoms. The molecule has 1 saturated heterocycles. The number of aryl methyl sites for hydroxylation is 1. The summed E-state index contributed by atoms with van der Waals surface area (Å²) in [4.78, 5) is 12.6. The summed E-state index contributed by atoms with van der Waals surface area (Å²) in [5.41, 5.74) is -0.832. The molecule has 0 bridgehead atoms. The Labute approximate surface area is 142 Å². The van der Waals surface area contributed by atoms with E-state index in [-0.39, 0.29) is 5.91 Å². The smallest absolute Gasteiger partial charge is 0.381 e. The van der Waals surface area contributed by atoms with Crippen LogP contribution in [0.3, 0.4) is 0 Å². The van der Waals surface area contributed by atoms with Gasteiger partial charge in [-0.1, -0.05) is 12.1 Å². The van der Waals surface area contributed by atoms with Crippen LogP contribution in [-0.2, 0) is 23.5 Å². The molecule has 1 aromatic carbocycles. The Kier molecular flexibility index (Phi) is 4.55. The summed E-state index contributed by atoms with van der Waals surface area (Å²) in [6, 6.07) is 5.12. The highest BCUT2D eigenvalue weighted by molar-refractivity contribution is 5.94. The van der Waals surface area contributed by atoms with E-state index in [9.17, 15) is 18.0 Å². The van der Waals surface area contributed by atoms with Crippen LogP contribution in [0.15, 0.2) is 36.7 Å². The zero-order valence-electron chi connectivity index (χ0n) is 13.6. The summed E-state index contributed by atoms with van der Waals surface area (Å²) in [6.07, 6.45) is -0.640. The molecule has 1 aromatic heterocycles. The van der Waals surface area contributed by atoms with Crippen molar-refractivity contribution in [2.24, 2.45) is 7.05 Å². The fourth-order valence-electron chi connectivity index (χ4n) is 3.03. The molecule has 0 radical (unpaired) electrons. The van der Waals surface area contributed by atoms with Crippen LogP contribution in [0, 0.1) is 0 Å². The van der Waals surface area contributed by atoms with E-state index in [0.717, 1.165) is 12.1 Å². The Morgan fingerprint density at radius 1 is 1.32 bits per heavy atom. The van der Waals surface area contributed by atoms with Gasteiger partial charge in [-0.25, -0.2) is 0 Å². The second kappa shape index (κ2) is 6.51. The average molecular weight is 353 g/mol. The third kappa shape index (κ3) is 3.68. The second-order valence-corrected chi connectivity index (χ2v) is 6.13. The first kappa shape index (κ1) is 17.5. The number of amides is 1. The molecule has 5 nitrogen and oxygen atoms in total. The van der Waals surface area contributed by atoms with Crippen LogP contribution < -0.4 is 5.32 Å². The second-order valence-electron chi connectivity index (χ2n) is 6.13. The van der Waals surface area contributed by atoms with E-state index < -0.39 is 17.3 Å². The highest BCUT2D eigenvalue weighted by atomic mass is 19.4. The van der Waals surface area contributed by atoms with Crippen LogP contribution in [0.1, 0.15) is 34.3 Å². The Hall–Kier alpha value is -2.35. The lowest BCUT2D eigenvalue weighted by molar-refractivity contribution is -0.137. The molecule has 0 aliphatic carbocycles. The maximum Gasteiger partial charge on any atom is 0.416 e. The number of halogens is 3. The number of nitrogens with one attached hydrogen (secondary N) is 1. The number of hydrogen-bond acceptors (Lipinski definition) is 3. The van der Waals surface area contributed by atoms with E-state index in [1.165, 1.54) is 16.9 Å². The molecule has 1 amide bonds. The number of hydrogen-bond donors (Lipinski definition) is 1. The molecule has 2 heterocycles. The molecule has 0 spiro atoms. The third-order valence-corrected chi connectivity index (χ3v) is 4.41. The quantitative estimate of drug-likeness (QED) is 0.923. The van der Waals surface area contributed by atoms with Crippen LogP contribution in [-0.4, -0.2) is 28.9 Å². The van der Waals surface area contributed by atoms with Crippen LogP contribution in [0.5, 0.6) is 0 Å². The third-order valence-electron chi connectivity index (χ3n) is 4.41. The summed E-state index contributed by atoms with van der Waals surface area (Å²) in [5, 5.41) is 6.87. The van der Waals surface area contributed by atoms with Gasteiger partial charge in [0.15, 0.2) is 0 Å². The Morgan fingerprint density at radius 2 is 2.04 bits per heavy atom. The fraction of sp³-hybridized carbons (Fsp3) is 0.412. The number of carbonyl (C=O) groups is 1. The maximum atomic E-state index is 13.1. The van der Waals surface area contributed by atoms with Gasteiger partial charge >= 0.3 is 6.18 Å². The van der Waals surface area contributed by atoms with Gasteiger partial charge in [-0.2, -0.15) is 18.3 Å². The van der Waals surface area contributed by atoms with Gasteiger partial charge in [-0.3, -0.25) is 9.48 Å². The Morgan fingerprint density at radius 3 is 2.64 bits per heavy atom. The minimum Gasteiger partial charge on any atom is -0.381 e. The van der Waals surface area contributed by atoms with Crippen molar-refractivity contribution >= 4 is 5.91 Å². The molecule has 3 rings (SSSR count). The topological polar surface area (TPSA) is 56.2 Å². The molecule has 1 N–H and O–H groups in total. The first-order valence-corrected chi connectivity index (χ1v) is 7.87. The summed E-state index contributed by atoms with van der Waals surface area (Å²) >= 11 is 0. The summed E-state index contributed by atoms with van der Waals surface area (Å²) in [7, 11) is 1.69. The standard InChI is InChI=1S/C17H18F3N3O2/c1-23-11-12(10-21-23)15(24)22-16(5-7-25-8-6-16)13-3-2-4-14(9-13)17(18,19)20/h2-4,9-11H,5-8H2,1H3,(H,22,24). The number of nitrogens with zero attached hydrogens (tertiary/aromatic N) is 2.